The second-order valence-corrected chi connectivity index (χ2v) is 9.99. The first-order valence-electron chi connectivity index (χ1n) is 12.7. The second-order valence-electron chi connectivity index (χ2n) is 9.59. The number of amides is 1. The molecule has 5 rings (SSSR count). The first-order chi connectivity index (χ1) is 17.2. The van der Waals surface area contributed by atoms with Gasteiger partial charge in [0.15, 0.2) is 0 Å². The van der Waals surface area contributed by atoms with Gasteiger partial charge in [-0.15, -0.1) is 0 Å². The summed E-state index contributed by atoms with van der Waals surface area (Å²) in [6.07, 6.45) is 9.38. The maximum atomic E-state index is 12.4. The van der Waals surface area contributed by atoms with E-state index in [0.29, 0.717) is 17.5 Å². The van der Waals surface area contributed by atoms with E-state index in [0.717, 1.165) is 74.3 Å². The first-order valence-corrected chi connectivity index (χ1v) is 13.1. The van der Waals surface area contributed by atoms with E-state index in [2.05, 4.69) is 36.5 Å². The standard InChI is InChI=1S/C26H34ClN7O/c27-22-17-30-26(32-25(22)21-16-29-23-7-3-2-6-20(21)23)31-19-8-13-34(14-9-19)18-24(35)28-10-15-33-11-4-1-5-12-33/h2-3,6-7,16-17,19,29H,1,4-5,8-15,18H2,(H,28,35)(H,30,31,32). The molecule has 2 fully saturated rings. The van der Waals surface area contributed by atoms with Gasteiger partial charge in [-0.3, -0.25) is 9.69 Å². The molecule has 2 aliphatic heterocycles. The number of fused-ring (bicyclic) bond motifs is 1. The van der Waals surface area contributed by atoms with Gasteiger partial charge < -0.3 is 20.5 Å². The minimum atomic E-state index is 0.123. The van der Waals surface area contributed by atoms with E-state index in [1.807, 2.05) is 24.4 Å². The van der Waals surface area contributed by atoms with Gasteiger partial charge in [0.25, 0.3) is 0 Å². The van der Waals surface area contributed by atoms with Crippen molar-refractivity contribution in [1.29, 1.82) is 0 Å². The Balaban J connectivity index is 1.10. The number of anilines is 1. The molecule has 1 aromatic carbocycles. The fourth-order valence-corrected chi connectivity index (χ4v) is 5.30. The van der Waals surface area contributed by atoms with Crippen LogP contribution in [0.5, 0.6) is 0 Å². The highest BCUT2D eigenvalue weighted by molar-refractivity contribution is 6.33. The highest BCUT2D eigenvalue weighted by Gasteiger charge is 2.22. The second kappa shape index (κ2) is 11.4. The van der Waals surface area contributed by atoms with E-state index in [4.69, 9.17) is 16.6 Å². The lowest BCUT2D eigenvalue weighted by Crippen LogP contribution is -2.45. The van der Waals surface area contributed by atoms with Crippen LogP contribution in [-0.4, -0.2) is 82.5 Å². The Morgan fingerprint density at radius 1 is 1.09 bits per heavy atom. The predicted molar refractivity (Wildman–Crippen MR) is 141 cm³/mol. The van der Waals surface area contributed by atoms with Crippen LogP contribution < -0.4 is 10.6 Å². The summed E-state index contributed by atoms with van der Waals surface area (Å²) in [7, 11) is 0. The Morgan fingerprint density at radius 3 is 2.71 bits per heavy atom. The molecule has 4 heterocycles. The maximum Gasteiger partial charge on any atom is 0.234 e. The number of likely N-dealkylation sites (tertiary alicyclic amines) is 2. The Morgan fingerprint density at radius 2 is 1.89 bits per heavy atom. The van der Waals surface area contributed by atoms with Crippen LogP contribution in [0.2, 0.25) is 5.02 Å². The van der Waals surface area contributed by atoms with Crippen LogP contribution >= 0.6 is 11.6 Å². The van der Waals surface area contributed by atoms with Crippen molar-refractivity contribution in [3.05, 3.63) is 41.7 Å². The molecule has 9 heteroatoms. The number of nitrogens with zero attached hydrogens (tertiary/aromatic N) is 4. The summed E-state index contributed by atoms with van der Waals surface area (Å²) in [6.45, 7) is 6.24. The van der Waals surface area contributed by atoms with Gasteiger partial charge >= 0.3 is 0 Å². The molecule has 0 unspecified atom stereocenters. The van der Waals surface area contributed by atoms with Gasteiger partial charge in [0.2, 0.25) is 11.9 Å². The minimum absolute atomic E-state index is 0.123. The SMILES string of the molecule is O=C(CN1CCC(Nc2ncc(Cl)c(-c3c[nH]c4ccccc34)n2)CC1)NCCN1CCCCC1. The van der Waals surface area contributed by atoms with Crippen LogP contribution in [0.3, 0.4) is 0 Å². The zero-order valence-electron chi connectivity index (χ0n) is 20.1. The molecule has 186 valence electrons. The van der Waals surface area contributed by atoms with E-state index in [1.165, 1.54) is 19.3 Å². The predicted octanol–water partition coefficient (Wildman–Crippen LogP) is 3.76. The van der Waals surface area contributed by atoms with Crippen LogP contribution in [0.1, 0.15) is 32.1 Å². The number of hydrogen-bond acceptors (Lipinski definition) is 6. The highest BCUT2D eigenvalue weighted by atomic mass is 35.5. The number of rotatable bonds is 8. The minimum Gasteiger partial charge on any atom is -0.360 e. The Labute approximate surface area is 211 Å². The summed E-state index contributed by atoms with van der Waals surface area (Å²) in [5.74, 6) is 0.710. The van der Waals surface area contributed by atoms with Crippen molar-refractivity contribution >= 4 is 34.4 Å². The van der Waals surface area contributed by atoms with Crippen molar-refractivity contribution in [2.75, 3.05) is 51.1 Å². The lowest BCUT2D eigenvalue weighted by Gasteiger charge is -2.32. The first kappa shape index (κ1) is 24.0. The lowest BCUT2D eigenvalue weighted by molar-refractivity contribution is -0.122. The summed E-state index contributed by atoms with van der Waals surface area (Å²) < 4.78 is 0. The van der Waals surface area contributed by atoms with Crippen LogP contribution in [-0.2, 0) is 4.79 Å². The normalized spacial score (nSPS) is 18.1. The third-order valence-corrected chi connectivity index (χ3v) is 7.35. The summed E-state index contributed by atoms with van der Waals surface area (Å²) >= 11 is 6.46. The maximum absolute atomic E-state index is 12.4. The molecule has 2 aliphatic rings. The molecule has 2 aromatic heterocycles. The van der Waals surface area contributed by atoms with E-state index >= 15 is 0 Å². The molecule has 8 nitrogen and oxygen atoms in total. The Hall–Kier alpha value is -2.68. The summed E-state index contributed by atoms with van der Waals surface area (Å²) in [4.78, 5) is 29.5. The lowest BCUT2D eigenvalue weighted by atomic mass is 10.1. The van der Waals surface area contributed by atoms with Gasteiger partial charge in [0.05, 0.1) is 23.5 Å². The van der Waals surface area contributed by atoms with Crippen LogP contribution in [0.4, 0.5) is 5.95 Å². The van der Waals surface area contributed by atoms with E-state index in [1.54, 1.807) is 6.20 Å². The molecule has 0 bridgehead atoms. The molecule has 0 spiro atoms. The number of aromatic amines is 1. The number of carbonyl (C=O) groups is 1. The number of nitrogens with one attached hydrogen (secondary N) is 3. The number of para-hydroxylation sites is 1. The van der Waals surface area contributed by atoms with E-state index in [-0.39, 0.29) is 11.9 Å². The summed E-state index contributed by atoms with van der Waals surface area (Å²) in [5, 5.41) is 8.19. The fraction of sp³-hybridized carbons (Fsp3) is 0.500. The smallest absolute Gasteiger partial charge is 0.234 e. The van der Waals surface area contributed by atoms with Crippen molar-refractivity contribution in [2.24, 2.45) is 0 Å². The van der Waals surface area contributed by atoms with Crippen LogP contribution in [0.25, 0.3) is 22.2 Å². The van der Waals surface area contributed by atoms with E-state index in [9.17, 15) is 4.79 Å². The third kappa shape index (κ3) is 6.12. The van der Waals surface area contributed by atoms with Crippen LogP contribution in [0, 0.1) is 0 Å². The van der Waals surface area contributed by atoms with Gasteiger partial charge in [-0.1, -0.05) is 36.2 Å². The van der Waals surface area contributed by atoms with Gasteiger partial charge in [-0.05, 0) is 44.8 Å². The topological polar surface area (TPSA) is 89.2 Å². The average Bonchev–Trinajstić information content (AvgIpc) is 3.31. The molecule has 3 N–H and O–H groups in total. The number of hydrogen-bond donors (Lipinski definition) is 3. The Bertz CT molecular complexity index is 1140. The molecule has 0 radical (unpaired) electrons. The molecule has 3 aromatic rings. The number of piperidine rings is 2. The zero-order chi connectivity index (χ0) is 24.0. The molecule has 2 saturated heterocycles. The zero-order valence-corrected chi connectivity index (χ0v) is 20.9. The van der Waals surface area contributed by atoms with Crippen molar-refractivity contribution in [1.82, 2.24) is 30.1 Å². The molecular formula is C26H34ClN7O. The van der Waals surface area contributed by atoms with Crippen LogP contribution in [0.15, 0.2) is 36.7 Å². The number of aromatic nitrogens is 3. The Kier molecular flexibility index (Phi) is 7.81. The molecule has 0 saturated carbocycles. The number of benzene rings is 1. The van der Waals surface area contributed by atoms with Gasteiger partial charge in [-0.25, -0.2) is 9.97 Å². The summed E-state index contributed by atoms with van der Waals surface area (Å²) in [5.41, 5.74) is 2.74. The van der Waals surface area contributed by atoms with Crippen molar-refractivity contribution < 1.29 is 4.79 Å². The molecule has 0 aliphatic carbocycles. The van der Waals surface area contributed by atoms with Crippen molar-refractivity contribution in [2.45, 2.75) is 38.1 Å². The van der Waals surface area contributed by atoms with Gasteiger partial charge in [0.1, 0.15) is 0 Å². The number of halogens is 1. The number of H-pyrrole nitrogens is 1. The molecule has 35 heavy (non-hydrogen) atoms. The van der Waals surface area contributed by atoms with Gasteiger partial charge in [0, 0.05) is 54.9 Å². The largest absolute Gasteiger partial charge is 0.360 e. The monoisotopic (exact) mass is 495 g/mol. The highest BCUT2D eigenvalue weighted by Crippen LogP contribution is 2.32. The average molecular weight is 496 g/mol. The van der Waals surface area contributed by atoms with E-state index < -0.39 is 0 Å². The molecule has 0 atom stereocenters. The third-order valence-electron chi connectivity index (χ3n) is 7.08. The van der Waals surface area contributed by atoms with Gasteiger partial charge in [-0.2, -0.15) is 0 Å². The van der Waals surface area contributed by atoms with Crippen molar-refractivity contribution in [3.63, 3.8) is 0 Å². The molecule has 1 amide bonds. The fourth-order valence-electron chi connectivity index (χ4n) is 5.11. The molecular weight excluding hydrogens is 462 g/mol. The summed E-state index contributed by atoms with van der Waals surface area (Å²) in [6, 6.07) is 8.38. The van der Waals surface area contributed by atoms with Crippen molar-refractivity contribution in [3.8, 4) is 11.3 Å². The number of carbonyl (C=O) groups excluding carboxylic acids is 1. The quantitative estimate of drug-likeness (QED) is 0.441.